The third-order valence-electron chi connectivity index (χ3n) is 4.99. The molecule has 1 aromatic heterocycles. The van der Waals surface area contributed by atoms with Gasteiger partial charge in [-0.15, -0.1) is 11.3 Å². The molecule has 2 aromatic rings. The molecule has 0 saturated heterocycles. The van der Waals surface area contributed by atoms with Gasteiger partial charge in [0, 0.05) is 4.88 Å². The minimum atomic E-state index is -3.71. The number of fused-ring (bicyclic) bond motifs is 1. The second-order valence-corrected chi connectivity index (χ2v) is 10.2. The standard InChI is InChI=1S/C21H26N2O5S2/c1-4-28-21(25)18-16-12-8-9-13-17(16)29-20(18)22-19(24)14(2)23(30(3,26)27)15-10-6-5-7-11-15/h5-7,10-11,14H,4,8-9,12-13H2,1-3H3,(H,22,24)/t14-/m1/s1. The summed E-state index contributed by atoms with van der Waals surface area (Å²) in [5, 5.41) is 3.23. The van der Waals surface area contributed by atoms with E-state index < -0.39 is 27.9 Å². The number of sulfonamides is 1. The Hall–Kier alpha value is -2.39. The molecule has 9 heteroatoms. The number of amides is 1. The van der Waals surface area contributed by atoms with E-state index in [1.807, 2.05) is 0 Å². The van der Waals surface area contributed by atoms with E-state index in [0.29, 0.717) is 16.3 Å². The number of thiophene rings is 1. The molecule has 30 heavy (non-hydrogen) atoms. The van der Waals surface area contributed by atoms with Gasteiger partial charge in [0.2, 0.25) is 15.9 Å². The van der Waals surface area contributed by atoms with Gasteiger partial charge in [0.15, 0.2) is 0 Å². The Balaban J connectivity index is 1.93. The molecule has 0 saturated carbocycles. The molecular weight excluding hydrogens is 424 g/mol. The molecule has 1 heterocycles. The van der Waals surface area contributed by atoms with E-state index >= 15 is 0 Å². The smallest absolute Gasteiger partial charge is 0.341 e. The fraction of sp³-hybridized carbons (Fsp3) is 0.429. The third-order valence-corrected chi connectivity index (χ3v) is 7.44. The number of nitrogens with one attached hydrogen (secondary N) is 1. The van der Waals surface area contributed by atoms with Crippen LogP contribution < -0.4 is 9.62 Å². The minimum Gasteiger partial charge on any atom is -0.462 e. The van der Waals surface area contributed by atoms with E-state index in [1.54, 1.807) is 37.3 Å². The lowest BCUT2D eigenvalue weighted by atomic mass is 9.95. The molecule has 0 radical (unpaired) electrons. The number of rotatable bonds is 7. The molecule has 0 aliphatic heterocycles. The topological polar surface area (TPSA) is 92.8 Å². The second-order valence-electron chi connectivity index (χ2n) is 7.20. The van der Waals surface area contributed by atoms with Gasteiger partial charge in [-0.25, -0.2) is 13.2 Å². The molecule has 162 valence electrons. The molecule has 1 aliphatic rings. The van der Waals surface area contributed by atoms with Crippen molar-refractivity contribution in [2.75, 3.05) is 22.5 Å². The van der Waals surface area contributed by atoms with Crippen LogP contribution in [-0.2, 0) is 32.4 Å². The Morgan fingerprint density at radius 3 is 2.50 bits per heavy atom. The molecule has 0 spiro atoms. The zero-order valence-electron chi connectivity index (χ0n) is 17.3. The van der Waals surface area contributed by atoms with Crippen molar-refractivity contribution in [2.45, 2.75) is 45.6 Å². The highest BCUT2D eigenvalue weighted by Crippen LogP contribution is 2.39. The maximum atomic E-state index is 13.1. The van der Waals surface area contributed by atoms with Gasteiger partial charge in [-0.3, -0.25) is 9.10 Å². The first-order valence-electron chi connectivity index (χ1n) is 9.91. The zero-order valence-corrected chi connectivity index (χ0v) is 18.9. The van der Waals surface area contributed by atoms with Crippen LogP contribution in [-0.4, -0.2) is 39.2 Å². The lowest BCUT2D eigenvalue weighted by Crippen LogP contribution is -2.45. The van der Waals surface area contributed by atoms with Crippen LogP contribution >= 0.6 is 11.3 Å². The number of nitrogens with zero attached hydrogens (tertiary/aromatic N) is 1. The fourth-order valence-corrected chi connectivity index (χ4v) is 6.13. The highest BCUT2D eigenvalue weighted by molar-refractivity contribution is 7.92. The number of anilines is 2. The van der Waals surface area contributed by atoms with Crippen LogP contribution in [0.3, 0.4) is 0 Å². The average molecular weight is 451 g/mol. The average Bonchev–Trinajstić information content (AvgIpc) is 3.05. The summed E-state index contributed by atoms with van der Waals surface area (Å²) < 4.78 is 31.1. The molecule has 1 aliphatic carbocycles. The number of esters is 1. The second kappa shape index (κ2) is 9.18. The Labute approximate surface area is 181 Å². The molecule has 7 nitrogen and oxygen atoms in total. The number of aryl methyl sites for hydroxylation is 1. The van der Waals surface area contributed by atoms with Crippen LogP contribution in [0.4, 0.5) is 10.7 Å². The minimum absolute atomic E-state index is 0.239. The normalized spacial score (nSPS) is 14.5. The lowest BCUT2D eigenvalue weighted by Gasteiger charge is -2.28. The molecular formula is C21H26N2O5S2. The SMILES string of the molecule is CCOC(=O)c1c(NC(=O)[C@@H](C)N(c2ccccc2)S(C)(=O)=O)sc2c1CCCC2. The van der Waals surface area contributed by atoms with Crippen molar-refractivity contribution in [1.82, 2.24) is 0 Å². The van der Waals surface area contributed by atoms with E-state index in [2.05, 4.69) is 5.32 Å². The molecule has 1 amide bonds. The number of carbonyl (C=O) groups excluding carboxylic acids is 2. The van der Waals surface area contributed by atoms with E-state index in [0.717, 1.165) is 46.7 Å². The van der Waals surface area contributed by atoms with Crippen LogP contribution in [0.2, 0.25) is 0 Å². The van der Waals surface area contributed by atoms with Crippen molar-refractivity contribution >= 4 is 43.9 Å². The highest BCUT2D eigenvalue weighted by atomic mass is 32.2. The summed E-state index contributed by atoms with van der Waals surface area (Å²) >= 11 is 1.38. The van der Waals surface area contributed by atoms with Crippen molar-refractivity contribution in [3.63, 3.8) is 0 Å². The van der Waals surface area contributed by atoms with E-state index in [9.17, 15) is 18.0 Å². The number of carbonyl (C=O) groups is 2. The highest BCUT2D eigenvalue weighted by Gasteiger charge is 2.32. The molecule has 1 aromatic carbocycles. The first-order valence-corrected chi connectivity index (χ1v) is 12.6. The van der Waals surface area contributed by atoms with Crippen LogP contribution in [0.25, 0.3) is 0 Å². The maximum Gasteiger partial charge on any atom is 0.341 e. The van der Waals surface area contributed by atoms with Crippen molar-refractivity contribution in [2.24, 2.45) is 0 Å². The largest absolute Gasteiger partial charge is 0.462 e. The first kappa shape index (κ1) is 22.3. The predicted molar refractivity (Wildman–Crippen MR) is 119 cm³/mol. The molecule has 3 rings (SSSR count). The number of hydrogen-bond donors (Lipinski definition) is 1. The van der Waals surface area contributed by atoms with Gasteiger partial charge in [-0.2, -0.15) is 0 Å². The summed E-state index contributed by atoms with van der Waals surface area (Å²) in [6, 6.07) is 7.47. The van der Waals surface area contributed by atoms with Crippen LogP contribution in [0.1, 0.15) is 47.5 Å². The van der Waals surface area contributed by atoms with Gasteiger partial charge < -0.3 is 10.1 Å². The summed E-state index contributed by atoms with van der Waals surface area (Å²) in [5.41, 5.74) is 1.75. The van der Waals surface area contributed by atoms with E-state index in [4.69, 9.17) is 4.74 Å². The Bertz CT molecular complexity index is 1030. The Kier molecular flexibility index (Phi) is 6.82. The Morgan fingerprint density at radius 2 is 1.87 bits per heavy atom. The number of ether oxygens (including phenoxy) is 1. The van der Waals surface area contributed by atoms with Crippen molar-refractivity contribution in [3.8, 4) is 0 Å². The molecule has 1 N–H and O–H groups in total. The van der Waals surface area contributed by atoms with Crippen LogP contribution in [0.15, 0.2) is 30.3 Å². The van der Waals surface area contributed by atoms with Gasteiger partial charge in [-0.1, -0.05) is 18.2 Å². The van der Waals surface area contributed by atoms with Gasteiger partial charge in [0.05, 0.1) is 24.1 Å². The number of benzene rings is 1. The van der Waals surface area contributed by atoms with Gasteiger partial charge in [0.1, 0.15) is 11.0 Å². The van der Waals surface area contributed by atoms with E-state index in [1.165, 1.54) is 18.3 Å². The maximum absolute atomic E-state index is 13.1. The van der Waals surface area contributed by atoms with Crippen molar-refractivity contribution < 1.29 is 22.7 Å². The number of hydrogen-bond acceptors (Lipinski definition) is 6. The summed E-state index contributed by atoms with van der Waals surface area (Å²) in [7, 11) is -3.71. The monoisotopic (exact) mass is 450 g/mol. The zero-order chi connectivity index (χ0) is 21.9. The van der Waals surface area contributed by atoms with Crippen molar-refractivity contribution in [3.05, 3.63) is 46.3 Å². The van der Waals surface area contributed by atoms with Gasteiger partial charge >= 0.3 is 5.97 Å². The summed E-state index contributed by atoms with van der Waals surface area (Å²) in [6.07, 6.45) is 4.71. The fourth-order valence-electron chi connectivity index (χ4n) is 3.67. The van der Waals surface area contributed by atoms with Crippen LogP contribution in [0.5, 0.6) is 0 Å². The quantitative estimate of drug-likeness (QED) is 0.651. The summed E-state index contributed by atoms with van der Waals surface area (Å²) in [4.78, 5) is 26.7. The summed E-state index contributed by atoms with van der Waals surface area (Å²) in [6.45, 7) is 3.50. The lowest BCUT2D eigenvalue weighted by molar-refractivity contribution is -0.116. The van der Waals surface area contributed by atoms with Crippen molar-refractivity contribution in [1.29, 1.82) is 0 Å². The first-order chi connectivity index (χ1) is 14.2. The van der Waals surface area contributed by atoms with Gasteiger partial charge in [-0.05, 0) is 57.2 Å². The molecule has 0 unspecified atom stereocenters. The number of para-hydroxylation sites is 1. The third kappa shape index (κ3) is 4.67. The molecule has 1 atom stereocenters. The Morgan fingerprint density at radius 1 is 1.20 bits per heavy atom. The summed E-state index contributed by atoms with van der Waals surface area (Å²) in [5.74, 6) is -0.962. The molecule has 0 fully saturated rings. The van der Waals surface area contributed by atoms with Gasteiger partial charge in [0.25, 0.3) is 0 Å². The van der Waals surface area contributed by atoms with Crippen LogP contribution in [0, 0.1) is 0 Å². The predicted octanol–water partition coefficient (Wildman–Crippen LogP) is 3.60. The molecule has 0 bridgehead atoms. The van der Waals surface area contributed by atoms with E-state index in [-0.39, 0.29) is 6.61 Å².